The SMILES string of the molecule is CCC(C)(C)Cc1cn(C)c(CCc2ccc(Br)cn2)n1. The number of aromatic nitrogens is 3. The van der Waals surface area contributed by atoms with Gasteiger partial charge in [0.05, 0.1) is 5.69 Å². The first-order chi connectivity index (χ1) is 9.89. The minimum absolute atomic E-state index is 0.318. The van der Waals surface area contributed by atoms with Crippen molar-refractivity contribution in [3.05, 3.63) is 46.2 Å². The van der Waals surface area contributed by atoms with E-state index in [0.29, 0.717) is 5.41 Å². The van der Waals surface area contributed by atoms with Crippen LogP contribution in [0.3, 0.4) is 0 Å². The lowest BCUT2D eigenvalue weighted by molar-refractivity contribution is 0.346. The third kappa shape index (κ3) is 4.67. The van der Waals surface area contributed by atoms with Crippen LogP contribution in [0.15, 0.2) is 29.0 Å². The van der Waals surface area contributed by atoms with Crippen molar-refractivity contribution in [2.45, 2.75) is 46.5 Å². The van der Waals surface area contributed by atoms with Gasteiger partial charge in [-0.2, -0.15) is 0 Å². The molecule has 2 aromatic rings. The Morgan fingerprint density at radius 3 is 2.57 bits per heavy atom. The fourth-order valence-corrected chi connectivity index (χ4v) is 2.53. The number of aryl methyl sites for hydroxylation is 3. The summed E-state index contributed by atoms with van der Waals surface area (Å²) in [6.07, 6.45) is 8.08. The lowest BCUT2D eigenvalue weighted by Crippen LogP contribution is -2.13. The fourth-order valence-electron chi connectivity index (χ4n) is 2.30. The Bertz CT molecular complexity index is 585. The average Bonchev–Trinajstić information content (AvgIpc) is 2.77. The maximum absolute atomic E-state index is 4.80. The van der Waals surface area contributed by atoms with Crippen LogP contribution in [0.4, 0.5) is 0 Å². The van der Waals surface area contributed by atoms with E-state index < -0.39 is 0 Å². The van der Waals surface area contributed by atoms with Gasteiger partial charge in [0.2, 0.25) is 0 Å². The number of hydrogen-bond acceptors (Lipinski definition) is 2. The summed E-state index contributed by atoms with van der Waals surface area (Å²) in [6, 6.07) is 4.10. The van der Waals surface area contributed by atoms with Gasteiger partial charge in [-0.1, -0.05) is 27.2 Å². The van der Waals surface area contributed by atoms with Gasteiger partial charge in [-0.3, -0.25) is 4.98 Å². The van der Waals surface area contributed by atoms with E-state index in [1.807, 2.05) is 12.3 Å². The molecule has 0 unspecified atom stereocenters. The number of rotatable bonds is 6. The van der Waals surface area contributed by atoms with E-state index in [4.69, 9.17) is 4.98 Å². The lowest BCUT2D eigenvalue weighted by atomic mass is 9.85. The van der Waals surface area contributed by atoms with Crippen LogP contribution in [0.5, 0.6) is 0 Å². The molecule has 0 bridgehead atoms. The highest BCUT2D eigenvalue weighted by molar-refractivity contribution is 9.10. The van der Waals surface area contributed by atoms with Crippen molar-refractivity contribution in [2.24, 2.45) is 12.5 Å². The number of hydrogen-bond donors (Lipinski definition) is 0. The van der Waals surface area contributed by atoms with Crippen LogP contribution in [0.25, 0.3) is 0 Å². The van der Waals surface area contributed by atoms with Gasteiger partial charge in [-0.05, 0) is 46.3 Å². The van der Waals surface area contributed by atoms with Crippen LogP contribution in [0.1, 0.15) is 44.4 Å². The highest BCUT2D eigenvalue weighted by Gasteiger charge is 2.18. The first kappa shape index (κ1) is 16.2. The maximum Gasteiger partial charge on any atom is 0.109 e. The fraction of sp³-hybridized carbons (Fsp3) is 0.529. The van der Waals surface area contributed by atoms with Crippen molar-refractivity contribution >= 4 is 15.9 Å². The van der Waals surface area contributed by atoms with Crippen molar-refractivity contribution < 1.29 is 0 Å². The van der Waals surface area contributed by atoms with Crippen LogP contribution in [0.2, 0.25) is 0 Å². The molecule has 0 spiro atoms. The van der Waals surface area contributed by atoms with Crippen LogP contribution in [-0.2, 0) is 26.3 Å². The Labute approximate surface area is 135 Å². The molecule has 114 valence electrons. The molecule has 4 heteroatoms. The molecule has 0 radical (unpaired) electrons. The van der Waals surface area contributed by atoms with Crippen molar-refractivity contribution in [3.63, 3.8) is 0 Å². The first-order valence-corrected chi connectivity index (χ1v) is 8.30. The van der Waals surface area contributed by atoms with Crippen molar-refractivity contribution in [1.82, 2.24) is 14.5 Å². The second kappa shape index (κ2) is 6.73. The van der Waals surface area contributed by atoms with Gasteiger partial charge in [0, 0.05) is 36.0 Å². The largest absolute Gasteiger partial charge is 0.338 e. The molecule has 0 saturated heterocycles. The Balaban J connectivity index is 2.01. The molecule has 0 aromatic carbocycles. The van der Waals surface area contributed by atoms with Gasteiger partial charge in [0.25, 0.3) is 0 Å². The van der Waals surface area contributed by atoms with Gasteiger partial charge >= 0.3 is 0 Å². The van der Waals surface area contributed by atoms with E-state index >= 15 is 0 Å². The molecule has 3 nitrogen and oxygen atoms in total. The summed E-state index contributed by atoms with van der Waals surface area (Å²) in [5.74, 6) is 1.14. The number of pyridine rings is 1. The topological polar surface area (TPSA) is 30.7 Å². The monoisotopic (exact) mass is 349 g/mol. The highest BCUT2D eigenvalue weighted by Crippen LogP contribution is 2.25. The Kier molecular flexibility index (Phi) is 5.20. The summed E-state index contributed by atoms with van der Waals surface area (Å²) < 4.78 is 3.17. The number of nitrogens with zero attached hydrogens (tertiary/aromatic N) is 3. The zero-order valence-electron chi connectivity index (χ0n) is 13.4. The Morgan fingerprint density at radius 2 is 1.95 bits per heavy atom. The van der Waals surface area contributed by atoms with Gasteiger partial charge in [0.1, 0.15) is 5.82 Å². The second-order valence-corrected chi connectivity index (χ2v) is 7.34. The smallest absolute Gasteiger partial charge is 0.109 e. The molecule has 21 heavy (non-hydrogen) atoms. The zero-order valence-corrected chi connectivity index (χ0v) is 14.9. The molecular weight excluding hydrogens is 326 g/mol. The molecule has 0 atom stereocenters. The van der Waals surface area contributed by atoms with E-state index in [9.17, 15) is 0 Å². The average molecular weight is 350 g/mol. The molecule has 0 aliphatic carbocycles. The first-order valence-electron chi connectivity index (χ1n) is 7.51. The summed E-state index contributed by atoms with van der Waals surface area (Å²) in [5.41, 5.74) is 2.62. The van der Waals surface area contributed by atoms with Crippen LogP contribution in [0, 0.1) is 5.41 Å². The van der Waals surface area contributed by atoms with Crippen LogP contribution >= 0.6 is 15.9 Å². The van der Waals surface area contributed by atoms with E-state index in [1.54, 1.807) is 0 Å². The third-order valence-electron chi connectivity index (χ3n) is 4.03. The normalized spacial score (nSPS) is 11.9. The molecule has 2 rings (SSSR count). The number of halogens is 1. The number of imidazole rings is 1. The van der Waals surface area contributed by atoms with E-state index in [1.165, 1.54) is 12.1 Å². The molecule has 0 aliphatic heterocycles. The van der Waals surface area contributed by atoms with Gasteiger partial charge < -0.3 is 4.57 Å². The van der Waals surface area contributed by atoms with Crippen molar-refractivity contribution in [3.8, 4) is 0 Å². The molecule has 0 saturated carbocycles. The Hall–Kier alpha value is -1.16. The van der Waals surface area contributed by atoms with Crippen LogP contribution < -0.4 is 0 Å². The molecule has 0 fully saturated rings. The standard InChI is InChI=1S/C17H24BrN3/c1-5-17(2,3)10-15-12-21(4)16(20-15)9-8-14-7-6-13(18)11-19-14/h6-7,11-12H,5,8-10H2,1-4H3. The quantitative estimate of drug-likeness (QED) is 0.776. The minimum atomic E-state index is 0.318. The molecule has 0 aliphatic rings. The summed E-state index contributed by atoms with van der Waals surface area (Å²) in [7, 11) is 2.08. The van der Waals surface area contributed by atoms with E-state index in [0.717, 1.165) is 35.3 Å². The van der Waals surface area contributed by atoms with E-state index in [2.05, 4.69) is 65.6 Å². The lowest BCUT2D eigenvalue weighted by Gasteiger charge is -2.20. The Morgan fingerprint density at radius 1 is 1.19 bits per heavy atom. The predicted molar refractivity (Wildman–Crippen MR) is 90.3 cm³/mol. The van der Waals surface area contributed by atoms with Gasteiger partial charge in [-0.15, -0.1) is 0 Å². The highest BCUT2D eigenvalue weighted by atomic mass is 79.9. The summed E-state index contributed by atoms with van der Waals surface area (Å²) in [5, 5.41) is 0. The van der Waals surface area contributed by atoms with Gasteiger partial charge in [-0.25, -0.2) is 4.98 Å². The van der Waals surface area contributed by atoms with Gasteiger partial charge in [0.15, 0.2) is 0 Å². The van der Waals surface area contributed by atoms with Crippen molar-refractivity contribution in [1.29, 1.82) is 0 Å². The molecule has 2 aromatic heterocycles. The second-order valence-electron chi connectivity index (χ2n) is 6.42. The van der Waals surface area contributed by atoms with Crippen molar-refractivity contribution in [2.75, 3.05) is 0 Å². The third-order valence-corrected chi connectivity index (χ3v) is 4.50. The minimum Gasteiger partial charge on any atom is -0.338 e. The summed E-state index contributed by atoms with van der Waals surface area (Å²) >= 11 is 3.41. The molecule has 0 N–H and O–H groups in total. The molecule has 2 heterocycles. The molecular formula is C17H24BrN3. The predicted octanol–water partition coefficient (Wildman–Crippen LogP) is 4.34. The summed E-state index contributed by atoms with van der Waals surface area (Å²) in [6.45, 7) is 6.84. The molecule has 0 amide bonds. The summed E-state index contributed by atoms with van der Waals surface area (Å²) in [4.78, 5) is 9.22. The van der Waals surface area contributed by atoms with Crippen LogP contribution in [-0.4, -0.2) is 14.5 Å². The maximum atomic E-state index is 4.80. The zero-order chi connectivity index (χ0) is 15.5. The van der Waals surface area contributed by atoms with E-state index in [-0.39, 0.29) is 0 Å².